The van der Waals surface area contributed by atoms with Gasteiger partial charge >= 0.3 is 0 Å². The standard InChI is InChI=1S/C13H17FN2O/c1-7(2)13(17)16-11-6-8(3)5-10(14)12(11)9(4)15/h5-7,15H,1-4H3,(H,16,17). The number of rotatable bonds is 3. The van der Waals surface area contributed by atoms with E-state index in [0.717, 1.165) is 0 Å². The molecule has 0 aliphatic heterocycles. The molecule has 92 valence electrons. The predicted molar refractivity (Wildman–Crippen MR) is 67.1 cm³/mol. The minimum atomic E-state index is -0.475. The number of nitrogens with one attached hydrogen (secondary N) is 2. The lowest BCUT2D eigenvalue weighted by Gasteiger charge is -2.13. The highest BCUT2D eigenvalue weighted by Gasteiger charge is 2.15. The SMILES string of the molecule is CC(=N)c1c(F)cc(C)cc1NC(=O)C(C)C. The van der Waals surface area contributed by atoms with Crippen LogP contribution in [0.5, 0.6) is 0 Å². The predicted octanol–water partition coefficient (Wildman–Crippen LogP) is 3.12. The summed E-state index contributed by atoms with van der Waals surface area (Å²) in [6.07, 6.45) is 0. The lowest BCUT2D eigenvalue weighted by atomic mass is 10.0. The van der Waals surface area contributed by atoms with Crippen LogP contribution in [-0.2, 0) is 4.79 Å². The Morgan fingerprint density at radius 1 is 1.41 bits per heavy atom. The van der Waals surface area contributed by atoms with Gasteiger partial charge in [-0.3, -0.25) is 4.79 Å². The largest absolute Gasteiger partial charge is 0.325 e. The molecule has 0 atom stereocenters. The fourth-order valence-electron chi connectivity index (χ4n) is 1.50. The van der Waals surface area contributed by atoms with Crippen molar-refractivity contribution in [3.8, 4) is 0 Å². The molecule has 0 aromatic heterocycles. The van der Waals surface area contributed by atoms with Gasteiger partial charge in [0.1, 0.15) is 5.82 Å². The average Bonchev–Trinajstić information content (AvgIpc) is 2.14. The van der Waals surface area contributed by atoms with Crippen molar-refractivity contribution in [2.45, 2.75) is 27.7 Å². The summed E-state index contributed by atoms with van der Waals surface area (Å²) in [5.74, 6) is -0.841. The Labute approximate surface area is 101 Å². The zero-order valence-corrected chi connectivity index (χ0v) is 10.5. The second-order valence-electron chi connectivity index (χ2n) is 4.44. The first kappa shape index (κ1) is 13.4. The van der Waals surface area contributed by atoms with Gasteiger partial charge in [0, 0.05) is 11.6 Å². The number of amides is 1. The monoisotopic (exact) mass is 236 g/mol. The first-order valence-electron chi connectivity index (χ1n) is 5.49. The number of anilines is 1. The van der Waals surface area contributed by atoms with E-state index >= 15 is 0 Å². The summed E-state index contributed by atoms with van der Waals surface area (Å²) < 4.78 is 13.7. The summed E-state index contributed by atoms with van der Waals surface area (Å²) in [7, 11) is 0. The third kappa shape index (κ3) is 3.12. The molecule has 0 fully saturated rings. The second kappa shape index (κ2) is 5.08. The van der Waals surface area contributed by atoms with Gasteiger partial charge in [-0.15, -0.1) is 0 Å². The molecule has 1 aromatic rings. The molecule has 1 amide bonds. The summed E-state index contributed by atoms with van der Waals surface area (Å²) >= 11 is 0. The highest BCUT2D eigenvalue weighted by Crippen LogP contribution is 2.22. The molecule has 1 aromatic carbocycles. The van der Waals surface area contributed by atoms with E-state index < -0.39 is 5.82 Å². The summed E-state index contributed by atoms with van der Waals surface area (Å²) in [5, 5.41) is 10.2. The van der Waals surface area contributed by atoms with Gasteiger partial charge in [0.2, 0.25) is 5.91 Å². The van der Waals surface area contributed by atoms with Gasteiger partial charge in [0.05, 0.1) is 11.3 Å². The minimum absolute atomic E-state index is 0.0987. The molecule has 0 radical (unpaired) electrons. The first-order valence-corrected chi connectivity index (χ1v) is 5.49. The fourth-order valence-corrected chi connectivity index (χ4v) is 1.50. The quantitative estimate of drug-likeness (QED) is 0.778. The van der Waals surface area contributed by atoms with Crippen LogP contribution in [0, 0.1) is 24.1 Å². The Kier molecular flexibility index (Phi) is 3.99. The van der Waals surface area contributed by atoms with Gasteiger partial charge in [-0.2, -0.15) is 0 Å². The van der Waals surface area contributed by atoms with E-state index in [1.807, 2.05) is 0 Å². The molecule has 0 heterocycles. The van der Waals surface area contributed by atoms with Crippen LogP contribution >= 0.6 is 0 Å². The van der Waals surface area contributed by atoms with Crippen LogP contribution in [0.1, 0.15) is 31.9 Å². The van der Waals surface area contributed by atoms with Crippen LogP contribution in [0.15, 0.2) is 12.1 Å². The molecule has 0 aliphatic rings. The van der Waals surface area contributed by atoms with Crippen molar-refractivity contribution in [3.05, 3.63) is 29.1 Å². The molecule has 17 heavy (non-hydrogen) atoms. The van der Waals surface area contributed by atoms with E-state index in [0.29, 0.717) is 11.3 Å². The van der Waals surface area contributed by atoms with E-state index in [1.54, 1.807) is 26.8 Å². The van der Waals surface area contributed by atoms with E-state index in [-0.39, 0.29) is 23.1 Å². The minimum Gasteiger partial charge on any atom is -0.325 e. The van der Waals surface area contributed by atoms with Crippen LogP contribution in [0.3, 0.4) is 0 Å². The van der Waals surface area contributed by atoms with E-state index in [9.17, 15) is 9.18 Å². The number of hydrogen-bond donors (Lipinski definition) is 2. The molecular formula is C13H17FN2O. The van der Waals surface area contributed by atoms with Crippen LogP contribution in [-0.4, -0.2) is 11.6 Å². The van der Waals surface area contributed by atoms with Crippen molar-refractivity contribution in [3.63, 3.8) is 0 Å². The highest BCUT2D eigenvalue weighted by atomic mass is 19.1. The molecular weight excluding hydrogens is 219 g/mol. The third-order valence-electron chi connectivity index (χ3n) is 2.39. The number of aryl methyl sites for hydroxylation is 1. The summed E-state index contributed by atoms with van der Waals surface area (Å²) in [6.45, 7) is 6.77. The highest BCUT2D eigenvalue weighted by molar-refractivity contribution is 6.05. The van der Waals surface area contributed by atoms with Gasteiger partial charge in [-0.25, -0.2) is 4.39 Å². The Balaban J connectivity index is 3.21. The molecule has 2 N–H and O–H groups in total. The van der Waals surface area contributed by atoms with E-state index in [4.69, 9.17) is 5.41 Å². The average molecular weight is 236 g/mol. The second-order valence-corrected chi connectivity index (χ2v) is 4.44. The van der Waals surface area contributed by atoms with Gasteiger partial charge in [-0.1, -0.05) is 13.8 Å². The number of carbonyl (C=O) groups excluding carboxylic acids is 1. The molecule has 0 aliphatic carbocycles. The van der Waals surface area contributed by atoms with E-state index in [2.05, 4.69) is 5.32 Å². The molecule has 1 rings (SSSR count). The van der Waals surface area contributed by atoms with Crippen molar-refractivity contribution >= 4 is 17.3 Å². The zero-order chi connectivity index (χ0) is 13.2. The van der Waals surface area contributed by atoms with Crippen LogP contribution < -0.4 is 5.32 Å². The Morgan fingerprint density at radius 2 is 2.00 bits per heavy atom. The smallest absolute Gasteiger partial charge is 0.226 e. The number of hydrogen-bond acceptors (Lipinski definition) is 2. The lowest BCUT2D eigenvalue weighted by Crippen LogP contribution is -2.20. The molecule has 0 unspecified atom stereocenters. The first-order chi connectivity index (χ1) is 7.82. The van der Waals surface area contributed by atoms with Crippen molar-refractivity contribution < 1.29 is 9.18 Å². The number of carbonyl (C=O) groups is 1. The normalized spacial score (nSPS) is 10.5. The van der Waals surface area contributed by atoms with Gasteiger partial charge in [-0.05, 0) is 31.5 Å². The van der Waals surface area contributed by atoms with Crippen molar-refractivity contribution in [1.82, 2.24) is 0 Å². The summed E-state index contributed by atoms with van der Waals surface area (Å²) in [6, 6.07) is 3.04. The van der Waals surface area contributed by atoms with Crippen molar-refractivity contribution in [1.29, 1.82) is 5.41 Å². The van der Waals surface area contributed by atoms with E-state index in [1.165, 1.54) is 13.0 Å². The molecule has 0 saturated carbocycles. The molecule has 4 heteroatoms. The van der Waals surface area contributed by atoms with Gasteiger partial charge in [0.15, 0.2) is 0 Å². The molecule has 0 bridgehead atoms. The zero-order valence-electron chi connectivity index (χ0n) is 10.5. The molecule has 3 nitrogen and oxygen atoms in total. The van der Waals surface area contributed by atoms with Gasteiger partial charge < -0.3 is 10.7 Å². The Hall–Kier alpha value is -1.71. The lowest BCUT2D eigenvalue weighted by molar-refractivity contribution is -0.118. The maximum atomic E-state index is 13.7. The third-order valence-corrected chi connectivity index (χ3v) is 2.39. The molecule has 0 saturated heterocycles. The Bertz CT molecular complexity index is 467. The fraction of sp³-hybridized carbons (Fsp3) is 0.385. The summed E-state index contributed by atoms with van der Waals surface area (Å²) in [4.78, 5) is 11.6. The summed E-state index contributed by atoms with van der Waals surface area (Å²) in [5.41, 5.74) is 1.34. The van der Waals surface area contributed by atoms with Crippen LogP contribution in [0.4, 0.5) is 10.1 Å². The van der Waals surface area contributed by atoms with Gasteiger partial charge in [0.25, 0.3) is 0 Å². The Morgan fingerprint density at radius 3 is 2.47 bits per heavy atom. The maximum Gasteiger partial charge on any atom is 0.226 e. The van der Waals surface area contributed by atoms with Crippen LogP contribution in [0.25, 0.3) is 0 Å². The van der Waals surface area contributed by atoms with Crippen LogP contribution in [0.2, 0.25) is 0 Å². The number of benzene rings is 1. The van der Waals surface area contributed by atoms with Crippen molar-refractivity contribution in [2.75, 3.05) is 5.32 Å². The van der Waals surface area contributed by atoms with Crippen molar-refractivity contribution in [2.24, 2.45) is 5.92 Å². The topological polar surface area (TPSA) is 53.0 Å². The maximum absolute atomic E-state index is 13.7. The number of halogens is 1. The molecule has 0 spiro atoms.